The van der Waals surface area contributed by atoms with E-state index in [-0.39, 0.29) is 5.57 Å². The predicted molar refractivity (Wildman–Crippen MR) is 117 cm³/mol. The van der Waals surface area contributed by atoms with Gasteiger partial charge < -0.3 is 9.47 Å². The zero-order chi connectivity index (χ0) is 21.3. The Morgan fingerprint density at radius 3 is 2.83 bits per heavy atom. The van der Waals surface area contributed by atoms with Crippen molar-refractivity contribution in [2.75, 3.05) is 19.0 Å². The Hall–Kier alpha value is -2.92. The highest BCUT2D eigenvalue weighted by atomic mass is 32.1. The lowest BCUT2D eigenvalue weighted by Crippen LogP contribution is -2.13. The van der Waals surface area contributed by atoms with E-state index in [1.165, 1.54) is 30.3 Å². The molecule has 2 aromatic rings. The number of nitrogens with one attached hydrogen (secondary N) is 1. The number of carbonyl (C=O) groups is 1. The smallest absolute Gasteiger partial charge is 0.268 e. The van der Waals surface area contributed by atoms with Gasteiger partial charge in [-0.1, -0.05) is 43.6 Å². The molecule has 1 amide bonds. The van der Waals surface area contributed by atoms with E-state index >= 15 is 0 Å². The molecular formula is C22H26N4O3S. The largest absolute Gasteiger partial charge is 0.493 e. The van der Waals surface area contributed by atoms with Gasteiger partial charge in [0.2, 0.25) is 5.13 Å². The molecule has 1 heterocycles. The molecule has 0 bridgehead atoms. The summed E-state index contributed by atoms with van der Waals surface area (Å²) in [5.74, 6) is 1.18. The molecule has 1 saturated carbocycles. The number of unbranched alkanes of at least 4 members (excludes halogenated alkanes) is 3. The summed E-state index contributed by atoms with van der Waals surface area (Å²) in [5, 5.41) is 21.5. The molecule has 8 heteroatoms. The number of aromatic nitrogens is 2. The molecule has 1 aliphatic rings. The van der Waals surface area contributed by atoms with E-state index in [2.05, 4.69) is 22.4 Å². The molecule has 158 valence electrons. The van der Waals surface area contributed by atoms with E-state index in [4.69, 9.17) is 9.47 Å². The molecule has 1 aromatic carbocycles. The Bertz CT molecular complexity index is 944. The van der Waals surface area contributed by atoms with Crippen molar-refractivity contribution in [3.63, 3.8) is 0 Å². The quantitative estimate of drug-likeness (QED) is 0.311. The first kappa shape index (κ1) is 21.8. The Kier molecular flexibility index (Phi) is 7.80. The fourth-order valence-electron chi connectivity index (χ4n) is 2.86. The fourth-order valence-corrected chi connectivity index (χ4v) is 3.77. The Labute approximate surface area is 180 Å². The SMILES string of the molecule is CCCCCCOc1ccc(/C=C(\C#N)C(=O)Nc2nnc(C3CC3)s2)cc1OC. The van der Waals surface area contributed by atoms with E-state index in [9.17, 15) is 10.1 Å². The number of anilines is 1. The summed E-state index contributed by atoms with van der Waals surface area (Å²) >= 11 is 1.36. The third kappa shape index (κ3) is 6.04. The van der Waals surface area contributed by atoms with Gasteiger partial charge in [0, 0.05) is 5.92 Å². The Morgan fingerprint density at radius 1 is 1.30 bits per heavy atom. The number of benzene rings is 1. The van der Waals surface area contributed by atoms with Crippen molar-refractivity contribution in [2.24, 2.45) is 0 Å². The van der Waals surface area contributed by atoms with Crippen LogP contribution in [0.4, 0.5) is 5.13 Å². The number of carbonyl (C=O) groups excluding carboxylic acids is 1. The molecule has 0 radical (unpaired) electrons. The molecule has 0 aliphatic heterocycles. The van der Waals surface area contributed by atoms with Gasteiger partial charge in [-0.25, -0.2) is 0 Å². The third-order valence-corrected chi connectivity index (χ3v) is 5.71. The van der Waals surface area contributed by atoms with Gasteiger partial charge in [-0.15, -0.1) is 10.2 Å². The molecule has 0 spiro atoms. The van der Waals surface area contributed by atoms with Crippen LogP contribution in [0, 0.1) is 11.3 Å². The van der Waals surface area contributed by atoms with Crippen molar-refractivity contribution in [3.8, 4) is 17.6 Å². The van der Waals surface area contributed by atoms with Gasteiger partial charge in [0.25, 0.3) is 5.91 Å². The third-order valence-electron chi connectivity index (χ3n) is 4.71. The maximum Gasteiger partial charge on any atom is 0.268 e. The van der Waals surface area contributed by atoms with Gasteiger partial charge in [0.15, 0.2) is 11.5 Å². The van der Waals surface area contributed by atoms with Gasteiger partial charge in [0.05, 0.1) is 13.7 Å². The molecule has 1 fully saturated rings. The molecule has 1 aliphatic carbocycles. The molecule has 3 rings (SSSR count). The minimum atomic E-state index is -0.508. The van der Waals surface area contributed by atoms with Crippen molar-refractivity contribution >= 4 is 28.5 Å². The maximum atomic E-state index is 12.5. The first-order valence-electron chi connectivity index (χ1n) is 10.2. The predicted octanol–water partition coefficient (Wildman–Crippen LogP) is 4.93. The molecular weight excluding hydrogens is 400 g/mol. The minimum Gasteiger partial charge on any atom is -0.493 e. The van der Waals surface area contributed by atoms with Crippen LogP contribution in [-0.4, -0.2) is 29.8 Å². The number of amides is 1. The van der Waals surface area contributed by atoms with Crippen molar-refractivity contribution in [1.82, 2.24) is 10.2 Å². The van der Waals surface area contributed by atoms with Crippen LogP contribution < -0.4 is 14.8 Å². The van der Waals surface area contributed by atoms with E-state index in [1.54, 1.807) is 25.3 Å². The molecule has 0 saturated heterocycles. The number of hydrogen-bond donors (Lipinski definition) is 1. The second kappa shape index (κ2) is 10.7. The lowest BCUT2D eigenvalue weighted by molar-refractivity contribution is -0.112. The van der Waals surface area contributed by atoms with E-state index in [1.807, 2.05) is 6.07 Å². The van der Waals surface area contributed by atoms with Gasteiger partial charge in [-0.2, -0.15) is 5.26 Å². The van der Waals surface area contributed by atoms with Gasteiger partial charge in [0.1, 0.15) is 16.6 Å². The normalized spacial score (nSPS) is 13.6. The highest BCUT2D eigenvalue weighted by Crippen LogP contribution is 2.42. The Balaban J connectivity index is 1.64. The van der Waals surface area contributed by atoms with E-state index in [0.29, 0.717) is 34.7 Å². The average Bonchev–Trinajstić information content (AvgIpc) is 3.51. The molecule has 30 heavy (non-hydrogen) atoms. The number of hydrogen-bond acceptors (Lipinski definition) is 7. The first-order valence-corrected chi connectivity index (χ1v) is 11.0. The summed E-state index contributed by atoms with van der Waals surface area (Å²) < 4.78 is 11.2. The number of nitrogens with zero attached hydrogens (tertiary/aromatic N) is 3. The van der Waals surface area contributed by atoms with Crippen molar-refractivity contribution in [1.29, 1.82) is 5.26 Å². The van der Waals surface area contributed by atoms with Crippen LogP contribution in [-0.2, 0) is 4.79 Å². The van der Waals surface area contributed by atoms with Crippen LogP contribution in [0.5, 0.6) is 11.5 Å². The average molecular weight is 427 g/mol. The first-order chi connectivity index (χ1) is 14.6. The molecule has 0 unspecified atom stereocenters. The zero-order valence-corrected chi connectivity index (χ0v) is 18.1. The zero-order valence-electron chi connectivity index (χ0n) is 17.3. The van der Waals surface area contributed by atoms with Gasteiger partial charge in [-0.05, 0) is 43.0 Å². The molecule has 1 aromatic heterocycles. The summed E-state index contributed by atoms with van der Waals surface area (Å²) in [6, 6.07) is 7.30. The summed E-state index contributed by atoms with van der Waals surface area (Å²) in [7, 11) is 1.57. The number of ether oxygens (including phenoxy) is 2. The van der Waals surface area contributed by atoms with Crippen LogP contribution in [0.1, 0.15) is 61.9 Å². The summed E-state index contributed by atoms with van der Waals surface area (Å²) in [4.78, 5) is 12.5. The van der Waals surface area contributed by atoms with Crippen molar-refractivity contribution in [3.05, 3.63) is 34.3 Å². The minimum absolute atomic E-state index is 0.0199. The molecule has 0 atom stereocenters. The molecule has 7 nitrogen and oxygen atoms in total. The van der Waals surface area contributed by atoms with Crippen LogP contribution in [0.2, 0.25) is 0 Å². The van der Waals surface area contributed by atoms with E-state index in [0.717, 1.165) is 30.7 Å². The standard InChI is InChI=1S/C22H26N4O3S/c1-3-4-5-6-11-29-18-10-7-15(13-19(18)28-2)12-17(14-23)20(27)24-22-26-25-21(30-22)16-8-9-16/h7,10,12-13,16H,3-6,8-9,11H2,1-2H3,(H,24,26,27)/b17-12+. The van der Waals surface area contributed by atoms with Gasteiger partial charge in [-0.3, -0.25) is 10.1 Å². The lowest BCUT2D eigenvalue weighted by atomic mass is 10.1. The Morgan fingerprint density at radius 2 is 2.13 bits per heavy atom. The van der Waals surface area contributed by atoms with Crippen molar-refractivity contribution in [2.45, 2.75) is 51.4 Å². The highest BCUT2D eigenvalue weighted by molar-refractivity contribution is 7.15. The fraction of sp³-hybridized carbons (Fsp3) is 0.455. The molecule has 1 N–H and O–H groups in total. The van der Waals surface area contributed by atoms with Crippen LogP contribution in [0.15, 0.2) is 23.8 Å². The topological polar surface area (TPSA) is 97.1 Å². The lowest BCUT2D eigenvalue weighted by Gasteiger charge is -2.11. The maximum absolute atomic E-state index is 12.5. The van der Waals surface area contributed by atoms with Crippen molar-refractivity contribution < 1.29 is 14.3 Å². The van der Waals surface area contributed by atoms with Gasteiger partial charge >= 0.3 is 0 Å². The number of methoxy groups -OCH3 is 1. The summed E-state index contributed by atoms with van der Waals surface area (Å²) in [6.45, 7) is 2.80. The van der Waals surface area contributed by atoms with Crippen LogP contribution in [0.25, 0.3) is 6.08 Å². The van der Waals surface area contributed by atoms with Crippen LogP contribution in [0.3, 0.4) is 0 Å². The number of rotatable bonds is 11. The second-order valence-corrected chi connectivity index (χ2v) is 8.17. The van der Waals surface area contributed by atoms with E-state index < -0.39 is 5.91 Å². The van der Waals surface area contributed by atoms with Crippen LogP contribution >= 0.6 is 11.3 Å². The summed E-state index contributed by atoms with van der Waals surface area (Å²) in [6.07, 6.45) is 8.26. The highest BCUT2D eigenvalue weighted by Gasteiger charge is 2.28. The summed E-state index contributed by atoms with van der Waals surface area (Å²) in [5.41, 5.74) is 0.654. The monoisotopic (exact) mass is 426 g/mol. The second-order valence-electron chi connectivity index (χ2n) is 7.16. The number of nitriles is 1.